The Bertz CT molecular complexity index is 824. The second-order valence-corrected chi connectivity index (χ2v) is 5.90. The summed E-state index contributed by atoms with van der Waals surface area (Å²) in [5.41, 5.74) is 0.569. The molecule has 1 atom stereocenters. The van der Waals surface area contributed by atoms with Crippen LogP contribution >= 0.6 is 0 Å². The van der Waals surface area contributed by atoms with Gasteiger partial charge in [0.1, 0.15) is 0 Å². The summed E-state index contributed by atoms with van der Waals surface area (Å²) in [4.78, 5) is 14.1. The predicted molar refractivity (Wildman–Crippen MR) is 88.9 cm³/mol. The van der Waals surface area contributed by atoms with E-state index in [0.717, 1.165) is 5.39 Å². The van der Waals surface area contributed by atoms with Gasteiger partial charge in [-0.25, -0.2) is 0 Å². The number of aromatic nitrogens is 3. The third kappa shape index (κ3) is 3.24. The summed E-state index contributed by atoms with van der Waals surface area (Å²) in [5, 5.41) is 12.0. The number of rotatable bonds is 6. The smallest absolute Gasteiger partial charge is 0.287 e. The fourth-order valence-electron chi connectivity index (χ4n) is 2.49. The highest BCUT2D eigenvalue weighted by Gasteiger charge is 2.21. The first-order valence-corrected chi connectivity index (χ1v) is 7.80. The Labute approximate surface area is 139 Å². The second kappa shape index (κ2) is 6.74. The van der Waals surface area contributed by atoms with Crippen LogP contribution in [-0.4, -0.2) is 34.1 Å². The maximum Gasteiger partial charge on any atom is 0.287 e. The first-order valence-electron chi connectivity index (χ1n) is 7.80. The van der Waals surface area contributed by atoms with Crippen molar-refractivity contribution >= 4 is 16.9 Å². The number of nitrogens with zero attached hydrogens (tertiary/aromatic N) is 3. The summed E-state index contributed by atoms with van der Waals surface area (Å²) >= 11 is 0. The number of methoxy groups -OCH3 is 1. The lowest BCUT2D eigenvalue weighted by atomic mass is 10.0. The zero-order chi connectivity index (χ0) is 17.1. The minimum absolute atomic E-state index is 0.111. The van der Waals surface area contributed by atoms with Crippen LogP contribution in [0.15, 0.2) is 41.1 Å². The lowest BCUT2D eigenvalue weighted by molar-refractivity contribution is 0.0891. The van der Waals surface area contributed by atoms with Gasteiger partial charge in [0, 0.05) is 5.39 Å². The molecule has 2 heterocycles. The van der Waals surface area contributed by atoms with Crippen LogP contribution in [0, 0.1) is 5.92 Å². The first kappa shape index (κ1) is 16.0. The summed E-state index contributed by atoms with van der Waals surface area (Å²) < 4.78 is 11.0. The maximum atomic E-state index is 12.6. The van der Waals surface area contributed by atoms with Crippen LogP contribution in [0.4, 0.5) is 0 Å². The van der Waals surface area contributed by atoms with Gasteiger partial charge < -0.3 is 14.5 Å². The molecule has 1 aromatic carbocycles. The number of hydrogen-bond donors (Lipinski definition) is 1. The molecule has 24 heavy (non-hydrogen) atoms. The number of hydrogen-bond acceptors (Lipinski definition) is 5. The molecule has 2 aromatic heterocycles. The van der Waals surface area contributed by atoms with Crippen molar-refractivity contribution in [3.63, 3.8) is 0 Å². The minimum atomic E-state index is -0.265. The Morgan fingerprint density at radius 3 is 2.75 bits per heavy atom. The van der Waals surface area contributed by atoms with Crippen LogP contribution in [0.1, 0.15) is 24.4 Å². The topological polar surface area (TPSA) is 82.2 Å². The molecule has 7 nitrogen and oxygen atoms in total. The molecule has 0 bridgehead atoms. The Morgan fingerprint density at radius 2 is 2.08 bits per heavy atom. The normalized spacial score (nSPS) is 12.5. The zero-order valence-electron chi connectivity index (χ0n) is 13.9. The Morgan fingerprint density at radius 1 is 1.33 bits per heavy atom. The van der Waals surface area contributed by atoms with Crippen LogP contribution in [0.25, 0.3) is 11.0 Å². The van der Waals surface area contributed by atoms with Crippen molar-refractivity contribution < 1.29 is 13.9 Å². The number of para-hydroxylation sites is 1. The molecule has 1 amide bonds. The summed E-state index contributed by atoms with van der Waals surface area (Å²) in [5.74, 6) is 0.819. The number of fused-ring (bicyclic) bond motifs is 1. The van der Waals surface area contributed by atoms with Crippen LogP contribution in [-0.2, 0) is 6.54 Å². The van der Waals surface area contributed by atoms with E-state index in [1.807, 2.05) is 26.0 Å². The molecule has 0 saturated carbocycles. The average molecular weight is 328 g/mol. The molecule has 1 unspecified atom stereocenters. The Balaban J connectivity index is 1.80. The van der Waals surface area contributed by atoms with Gasteiger partial charge in [0.05, 0.1) is 32.1 Å². The lowest BCUT2D eigenvalue weighted by Crippen LogP contribution is -2.41. The largest absolute Gasteiger partial charge is 0.493 e. The van der Waals surface area contributed by atoms with E-state index in [4.69, 9.17) is 9.15 Å². The highest BCUT2D eigenvalue weighted by molar-refractivity contribution is 5.97. The van der Waals surface area contributed by atoms with E-state index in [2.05, 4.69) is 15.5 Å². The van der Waals surface area contributed by atoms with Crippen LogP contribution in [0.5, 0.6) is 5.75 Å². The van der Waals surface area contributed by atoms with Gasteiger partial charge in [0.15, 0.2) is 17.1 Å². The average Bonchev–Trinajstić information content (AvgIpc) is 3.22. The third-order valence-electron chi connectivity index (χ3n) is 3.90. The molecule has 0 aliphatic rings. The highest BCUT2D eigenvalue weighted by Crippen LogP contribution is 2.28. The van der Waals surface area contributed by atoms with Crippen molar-refractivity contribution in [3.8, 4) is 5.75 Å². The van der Waals surface area contributed by atoms with Gasteiger partial charge in [0.2, 0.25) is 0 Å². The summed E-state index contributed by atoms with van der Waals surface area (Å²) in [6.07, 6.45) is 3.23. The van der Waals surface area contributed by atoms with E-state index >= 15 is 0 Å². The number of benzene rings is 1. The Hall–Kier alpha value is -2.83. The van der Waals surface area contributed by atoms with Crippen molar-refractivity contribution in [2.45, 2.75) is 26.4 Å². The fourth-order valence-corrected chi connectivity index (χ4v) is 2.49. The van der Waals surface area contributed by atoms with E-state index < -0.39 is 0 Å². The minimum Gasteiger partial charge on any atom is -0.493 e. The molecule has 0 radical (unpaired) electrons. The molecule has 0 spiro atoms. The van der Waals surface area contributed by atoms with Gasteiger partial charge in [0.25, 0.3) is 5.91 Å². The van der Waals surface area contributed by atoms with Gasteiger partial charge in [-0.3, -0.25) is 4.79 Å². The third-order valence-corrected chi connectivity index (χ3v) is 3.90. The van der Waals surface area contributed by atoms with E-state index in [1.54, 1.807) is 36.4 Å². The SMILES string of the molecule is COc1cccc2cc(C(=O)NC(Cn3nccn3)C(C)C)oc12. The molecule has 3 rings (SSSR count). The standard InChI is InChI=1S/C17H20N4O3/c1-11(2)13(10-21-18-7-8-19-21)20-17(22)15-9-12-5-4-6-14(23-3)16(12)24-15/h4-9,11,13H,10H2,1-3H3,(H,20,22). The van der Waals surface area contributed by atoms with Crippen molar-refractivity contribution in [1.82, 2.24) is 20.3 Å². The van der Waals surface area contributed by atoms with Gasteiger partial charge in [-0.2, -0.15) is 15.0 Å². The fraction of sp³-hybridized carbons (Fsp3) is 0.353. The molecule has 0 saturated heterocycles. The van der Waals surface area contributed by atoms with E-state index in [-0.39, 0.29) is 23.6 Å². The number of ether oxygens (including phenoxy) is 1. The molecule has 0 aliphatic heterocycles. The molecule has 1 N–H and O–H groups in total. The molecule has 7 heteroatoms. The zero-order valence-corrected chi connectivity index (χ0v) is 13.9. The quantitative estimate of drug-likeness (QED) is 0.752. The van der Waals surface area contributed by atoms with Crippen LogP contribution in [0.2, 0.25) is 0 Å². The number of nitrogens with one attached hydrogen (secondary N) is 1. The van der Waals surface area contributed by atoms with Crippen molar-refractivity contribution in [3.05, 3.63) is 42.4 Å². The van der Waals surface area contributed by atoms with E-state index in [0.29, 0.717) is 17.9 Å². The summed E-state index contributed by atoms with van der Waals surface area (Å²) in [7, 11) is 1.57. The van der Waals surface area contributed by atoms with Gasteiger partial charge in [-0.15, -0.1) is 0 Å². The number of furan rings is 1. The highest BCUT2D eigenvalue weighted by atomic mass is 16.5. The number of carbonyl (C=O) groups excluding carboxylic acids is 1. The van der Waals surface area contributed by atoms with Gasteiger partial charge >= 0.3 is 0 Å². The van der Waals surface area contributed by atoms with Crippen molar-refractivity contribution in [2.24, 2.45) is 5.92 Å². The molecule has 3 aromatic rings. The summed E-state index contributed by atoms with van der Waals surface area (Å²) in [6, 6.07) is 7.15. The Kier molecular flexibility index (Phi) is 4.50. The molecule has 126 valence electrons. The second-order valence-electron chi connectivity index (χ2n) is 5.90. The van der Waals surface area contributed by atoms with Crippen LogP contribution in [0.3, 0.4) is 0 Å². The van der Waals surface area contributed by atoms with Crippen molar-refractivity contribution in [2.75, 3.05) is 7.11 Å². The monoisotopic (exact) mass is 328 g/mol. The number of carbonyl (C=O) groups is 1. The van der Waals surface area contributed by atoms with Gasteiger partial charge in [-0.05, 0) is 18.1 Å². The number of amides is 1. The lowest BCUT2D eigenvalue weighted by Gasteiger charge is -2.21. The molecule has 0 fully saturated rings. The molecule has 0 aliphatic carbocycles. The van der Waals surface area contributed by atoms with E-state index in [9.17, 15) is 4.79 Å². The van der Waals surface area contributed by atoms with E-state index in [1.165, 1.54) is 0 Å². The van der Waals surface area contributed by atoms with Crippen molar-refractivity contribution in [1.29, 1.82) is 0 Å². The predicted octanol–water partition coefficient (Wildman–Crippen LogP) is 2.49. The summed E-state index contributed by atoms with van der Waals surface area (Å²) in [6.45, 7) is 4.58. The van der Waals surface area contributed by atoms with Crippen LogP contribution < -0.4 is 10.1 Å². The first-order chi connectivity index (χ1) is 11.6. The molecular formula is C17H20N4O3. The van der Waals surface area contributed by atoms with Gasteiger partial charge in [-0.1, -0.05) is 26.0 Å². The molecular weight excluding hydrogens is 308 g/mol. The maximum absolute atomic E-state index is 12.6.